The Balaban J connectivity index is 2.10. The van der Waals surface area contributed by atoms with Gasteiger partial charge in [0, 0.05) is 6.42 Å². The van der Waals surface area contributed by atoms with Crippen LogP contribution in [0.3, 0.4) is 0 Å². The highest BCUT2D eigenvalue weighted by Gasteiger charge is 2.22. The van der Waals surface area contributed by atoms with Gasteiger partial charge in [0.2, 0.25) is 0 Å². The van der Waals surface area contributed by atoms with Gasteiger partial charge in [-0.2, -0.15) is 0 Å². The van der Waals surface area contributed by atoms with Crippen molar-refractivity contribution in [2.45, 2.75) is 39.8 Å². The van der Waals surface area contributed by atoms with Gasteiger partial charge in [-0.05, 0) is 42.9 Å². The van der Waals surface area contributed by atoms with E-state index in [1.54, 1.807) is 0 Å². The summed E-state index contributed by atoms with van der Waals surface area (Å²) in [7, 11) is -0.239. The summed E-state index contributed by atoms with van der Waals surface area (Å²) in [6, 6.07) is 15.4. The van der Waals surface area contributed by atoms with Gasteiger partial charge in [0.25, 0.3) is 8.61 Å². The largest absolute Gasteiger partial charge is 0.471 e. The van der Waals surface area contributed by atoms with Crippen LogP contribution in [-0.2, 0) is 4.57 Å². The Kier molecular flexibility index (Phi) is 6.57. The summed E-state index contributed by atoms with van der Waals surface area (Å²) in [5.41, 5.74) is 2.31. The molecule has 1 atom stereocenters. The highest BCUT2D eigenvalue weighted by Crippen LogP contribution is 2.24. The van der Waals surface area contributed by atoms with Gasteiger partial charge < -0.3 is 9.57 Å². The Labute approximate surface area is 139 Å². The zero-order chi connectivity index (χ0) is 16.7. The second-order valence-corrected chi connectivity index (χ2v) is 6.02. The second-order valence-electron chi connectivity index (χ2n) is 5.46. The van der Waals surface area contributed by atoms with Crippen molar-refractivity contribution in [2.24, 2.45) is 0 Å². The lowest BCUT2D eigenvalue weighted by molar-refractivity contribution is -0.0847. The number of nitrogens with zero attached hydrogens (tertiary/aromatic N) is 1. The van der Waals surface area contributed by atoms with Crippen LogP contribution in [-0.4, -0.2) is 11.1 Å². The topological polar surface area (TPSA) is 38.8 Å². The lowest BCUT2D eigenvalue weighted by atomic mass is 10.2. The molecule has 5 heteroatoms. The Morgan fingerprint density at radius 1 is 0.957 bits per heavy atom. The van der Waals surface area contributed by atoms with E-state index < -0.39 is 6.23 Å². The normalized spacial score (nSPS) is 12.3. The molecule has 23 heavy (non-hydrogen) atoms. The third-order valence-electron chi connectivity index (χ3n) is 3.38. The number of hydrogen-bond donors (Lipinski definition) is 0. The first-order valence-corrected chi connectivity index (χ1v) is 8.49. The molecule has 122 valence electrons. The Morgan fingerprint density at radius 3 is 1.96 bits per heavy atom. The molecule has 0 amide bonds. The zero-order valence-corrected chi connectivity index (χ0v) is 14.6. The van der Waals surface area contributed by atoms with Gasteiger partial charge in [0.15, 0.2) is 6.23 Å². The molecular formula is C18H22NO3P. The number of benzene rings is 2. The van der Waals surface area contributed by atoms with Crippen LogP contribution in [0, 0.1) is 13.8 Å². The van der Waals surface area contributed by atoms with Crippen LogP contribution in [0.4, 0.5) is 0 Å². The van der Waals surface area contributed by atoms with Crippen LogP contribution in [0.5, 0.6) is 11.5 Å². The van der Waals surface area contributed by atoms with Gasteiger partial charge in [-0.25, -0.2) is 0 Å². The minimum Gasteiger partial charge on any atom is -0.471 e. The zero-order valence-electron chi connectivity index (χ0n) is 13.7. The van der Waals surface area contributed by atoms with E-state index in [9.17, 15) is 4.57 Å². The summed E-state index contributed by atoms with van der Waals surface area (Å²) in [5, 5.41) is 0. The Bertz CT molecular complexity index is 613. The fourth-order valence-corrected chi connectivity index (χ4v) is 2.47. The van der Waals surface area contributed by atoms with E-state index >= 15 is 0 Å². The molecule has 0 aromatic heterocycles. The molecule has 1 unspecified atom stereocenters. The number of ether oxygens (including phenoxy) is 1. The third-order valence-corrected chi connectivity index (χ3v) is 3.88. The van der Waals surface area contributed by atoms with E-state index in [1.807, 2.05) is 62.4 Å². The minimum absolute atomic E-state index is 0.239. The quantitative estimate of drug-likeness (QED) is 0.373. The van der Waals surface area contributed by atoms with Crippen molar-refractivity contribution in [2.75, 3.05) is 0 Å². The van der Waals surface area contributed by atoms with Crippen LogP contribution >= 0.6 is 8.61 Å². The molecule has 0 saturated heterocycles. The maximum Gasteiger partial charge on any atom is 0.289 e. The monoisotopic (exact) mass is 331 g/mol. The van der Waals surface area contributed by atoms with Crippen LogP contribution in [0.1, 0.15) is 30.9 Å². The summed E-state index contributed by atoms with van der Waals surface area (Å²) in [6.45, 7) is 6.08. The first-order valence-electron chi connectivity index (χ1n) is 7.73. The van der Waals surface area contributed by atoms with Crippen molar-refractivity contribution < 1.29 is 14.1 Å². The predicted octanol–water partition coefficient (Wildman–Crippen LogP) is 5.31. The van der Waals surface area contributed by atoms with Gasteiger partial charge in [0.05, 0.1) is 0 Å². The smallest absolute Gasteiger partial charge is 0.289 e. The average Bonchev–Trinajstić information content (AvgIpc) is 2.56. The summed E-state index contributed by atoms with van der Waals surface area (Å²) in [5.74, 6) is 1.36. The molecule has 2 rings (SSSR count). The molecule has 0 radical (unpaired) electrons. The minimum atomic E-state index is -0.428. The van der Waals surface area contributed by atoms with Crippen molar-refractivity contribution in [1.82, 2.24) is 4.83 Å². The molecule has 0 fully saturated rings. The first kappa shape index (κ1) is 17.5. The van der Waals surface area contributed by atoms with E-state index in [0.717, 1.165) is 17.7 Å². The molecule has 2 aromatic carbocycles. The lowest BCUT2D eigenvalue weighted by Gasteiger charge is -2.25. The Morgan fingerprint density at radius 2 is 1.48 bits per heavy atom. The van der Waals surface area contributed by atoms with Crippen molar-refractivity contribution in [3.63, 3.8) is 0 Å². The fourth-order valence-electron chi connectivity index (χ4n) is 2.07. The van der Waals surface area contributed by atoms with Crippen LogP contribution in [0.2, 0.25) is 0 Å². The fraction of sp³-hybridized carbons (Fsp3) is 0.333. The summed E-state index contributed by atoms with van der Waals surface area (Å²) >= 11 is 0. The van der Waals surface area contributed by atoms with Gasteiger partial charge in [0.1, 0.15) is 11.5 Å². The van der Waals surface area contributed by atoms with Crippen molar-refractivity contribution >= 4 is 8.61 Å². The second kappa shape index (κ2) is 8.66. The molecule has 0 saturated carbocycles. The van der Waals surface area contributed by atoms with Crippen molar-refractivity contribution in [3.8, 4) is 11.5 Å². The molecular weight excluding hydrogens is 309 g/mol. The van der Waals surface area contributed by atoms with Crippen LogP contribution in [0.25, 0.3) is 0 Å². The molecule has 0 heterocycles. The summed E-state index contributed by atoms with van der Waals surface area (Å²) in [6.07, 6.45) is 1.16. The molecule has 0 spiro atoms. The number of hydroxylamine groups is 1. The molecule has 0 aliphatic heterocycles. The van der Waals surface area contributed by atoms with Gasteiger partial charge in [-0.3, -0.25) is 4.57 Å². The van der Waals surface area contributed by atoms with Crippen LogP contribution in [0.15, 0.2) is 48.5 Å². The van der Waals surface area contributed by atoms with Crippen molar-refractivity contribution in [3.05, 3.63) is 59.7 Å². The number of aryl methyl sites for hydroxylation is 2. The average molecular weight is 331 g/mol. The number of rotatable bonds is 8. The standard InChI is InChI=1S/C18H22NO3P/c1-4-5-18(21-16-10-6-14(2)7-11-16)19(23-20)22-17-12-8-15(3)9-13-17/h6-13,18H,4-5H2,1-3H3. The molecule has 0 aliphatic rings. The van der Waals surface area contributed by atoms with Crippen molar-refractivity contribution in [1.29, 1.82) is 0 Å². The SMILES string of the molecule is CCCC(Oc1ccc(C)cc1)N(Oc1ccc(C)cc1)P=O. The maximum atomic E-state index is 11.6. The van der Waals surface area contributed by atoms with E-state index in [1.165, 1.54) is 10.4 Å². The van der Waals surface area contributed by atoms with E-state index in [2.05, 4.69) is 6.92 Å². The number of hydrogen-bond acceptors (Lipinski definition) is 3. The van der Waals surface area contributed by atoms with Gasteiger partial charge in [-0.1, -0.05) is 48.7 Å². The Hall–Kier alpha value is -1.90. The first-order chi connectivity index (χ1) is 11.1. The molecule has 0 aliphatic carbocycles. The molecule has 2 aromatic rings. The lowest BCUT2D eigenvalue weighted by Crippen LogP contribution is -2.35. The predicted molar refractivity (Wildman–Crippen MR) is 91.8 cm³/mol. The third kappa shape index (κ3) is 5.34. The van der Waals surface area contributed by atoms with Gasteiger partial charge in [-0.15, -0.1) is 0 Å². The van der Waals surface area contributed by atoms with Gasteiger partial charge >= 0.3 is 0 Å². The van der Waals surface area contributed by atoms with E-state index in [4.69, 9.17) is 9.57 Å². The van der Waals surface area contributed by atoms with Crippen LogP contribution < -0.4 is 9.57 Å². The highest BCUT2D eigenvalue weighted by molar-refractivity contribution is 7.20. The molecule has 0 bridgehead atoms. The molecule has 4 nitrogen and oxygen atoms in total. The summed E-state index contributed by atoms with van der Waals surface area (Å²) in [4.78, 5) is 7.04. The van der Waals surface area contributed by atoms with E-state index in [0.29, 0.717) is 12.2 Å². The maximum absolute atomic E-state index is 11.6. The van der Waals surface area contributed by atoms with E-state index in [-0.39, 0.29) is 8.61 Å². The highest BCUT2D eigenvalue weighted by atomic mass is 31.1. The molecule has 0 N–H and O–H groups in total. The summed E-state index contributed by atoms with van der Waals surface area (Å²) < 4.78 is 17.5.